The number of aromatic nitrogens is 2. The van der Waals surface area contributed by atoms with Crippen LogP contribution in [0.25, 0.3) is 22.2 Å². The molecule has 0 spiro atoms. The summed E-state index contributed by atoms with van der Waals surface area (Å²) in [5.74, 6) is -0.950. The first-order chi connectivity index (χ1) is 14.7. The minimum atomic E-state index is -0.947. The van der Waals surface area contributed by atoms with Gasteiger partial charge in [0.25, 0.3) is 5.91 Å². The van der Waals surface area contributed by atoms with Gasteiger partial charge in [-0.1, -0.05) is 48.5 Å². The Labute approximate surface area is 173 Å². The van der Waals surface area contributed by atoms with Crippen molar-refractivity contribution in [2.75, 3.05) is 7.11 Å². The number of amides is 1. The molecule has 1 atom stereocenters. The maximum atomic E-state index is 13.3. The lowest BCUT2D eigenvalue weighted by atomic mass is 10.0. The van der Waals surface area contributed by atoms with Crippen molar-refractivity contribution in [3.8, 4) is 11.3 Å². The Morgan fingerprint density at radius 3 is 2.37 bits per heavy atom. The van der Waals surface area contributed by atoms with E-state index in [-0.39, 0.29) is 0 Å². The average Bonchev–Trinajstić information content (AvgIpc) is 2.82. The molecule has 0 aliphatic rings. The number of benzene rings is 2. The number of nitrogens with one attached hydrogen (secondary N) is 1. The number of esters is 1. The maximum Gasteiger partial charge on any atom is 0.333 e. The maximum absolute atomic E-state index is 13.3. The molecule has 6 nitrogen and oxygen atoms in total. The number of carbonyl (C=O) groups excluding carboxylic acids is 2. The van der Waals surface area contributed by atoms with Crippen LogP contribution < -0.4 is 5.32 Å². The van der Waals surface area contributed by atoms with E-state index in [0.717, 1.165) is 5.56 Å². The fraction of sp³-hybridized carbons (Fsp3) is 0.0833. The van der Waals surface area contributed by atoms with Crippen molar-refractivity contribution in [1.82, 2.24) is 15.3 Å². The molecule has 0 fully saturated rings. The van der Waals surface area contributed by atoms with E-state index < -0.39 is 17.9 Å². The number of hydrogen-bond acceptors (Lipinski definition) is 5. The molecule has 0 radical (unpaired) electrons. The van der Waals surface area contributed by atoms with Crippen LogP contribution in [-0.2, 0) is 9.53 Å². The van der Waals surface area contributed by atoms with Crippen LogP contribution in [0.5, 0.6) is 0 Å². The molecular weight excluding hydrogens is 378 g/mol. The Balaban J connectivity index is 1.77. The molecule has 1 amide bonds. The highest BCUT2D eigenvalue weighted by Gasteiger charge is 2.25. The first-order valence-electron chi connectivity index (χ1n) is 9.41. The van der Waals surface area contributed by atoms with Gasteiger partial charge in [0.2, 0.25) is 0 Å². The number of methoxy groups -OCH3 is 1. The van der Waals surface area contributed by atoms with Gasteiger partial charge in [0.1, 0.15) is 0 Å². The lowest BCUT2D eigenvalue weighted by Crippen LogP contribution is -2.34. The SMILES string of the molecule is COC(=O)C(NC(=O)c1cc(-c2ccccc2)nc2ccccc12)c1ccncc1. The summed E-state index contributed by atoms with van der Waals surface area (Å²) in [6.07, 6.45) is 3.12. The Morgan fingerprint density at radius 1 is 0.933 bits per heavy atom. The molecule has 148 valence electrons. The molecule has 0 bridgehead atoms. The number of ether oxygens (including phenoxy) is 1. The number of carbonyl (C=O) groups is 2. The fourth-order valence-electron chi connectivity index (χ4n) is 3.28. The van der Waals surface area contributed by atoms with Crippen LogP contribution in [0, 0.1) is 0 Å². The molecule has 2 aromatic carbocycles. The summed E-state index contributed by atoms with van der Waals surface area (Å²) in [5.41, 5.74) is 3.30. The zero-order chi connectivity index (χ0) is 20.9. The predicted octanol–water partition coefficient (Wildman–Crippen LogP) is 3.94. The molecule has 0 aliphatic heterocycles. The van der Waals surface area contributed by atoms with E-state index in [1.54, 1.807) is 30.6 Å². The summed E-state index contributed by atoms with van der Waals surface area (Å²) in [4.78, 5) is 34.3. The Morgan fingerprint density at radius 2 is 1.63 bits per heavy atom. The second kappa shape index (κ2) is 8.53. The summed E-state index contributed by atoms with van der Waals surface area (Å²) in [5, 5.41) is 3.50. The minimum Gasteiger partial charge on any atom is -0.467 e. The van der Waals surface area contributed by atoms with Crippen LogP contribution in [-0.4, -0.2) is 29.0 Å². The van der Waals surface area contributed by atoms with Gasteiger partial charge in [0.15, 0.2) is 6.04 Å². The van der Waals surface area contributed by atoms with Gasteiger partial charge in [-0.2, -0.15) is 0 Å². The zero-order valence-electron chi connectivity index (χ0n) is 16.3. The quantitative estimate of drug-likeness (QED) is 0.516. The van der Waals surface area contributed by atoms with Crippen molar-refractivity contribution in [3.63, 3.8) is 0 Å². The Bertz CT molecular complexity index is 1190. The van der Waals surface area contributed by atoms with Crippen LogP contribution >= 0.6 is 0 Å². The van der Waals surface area contributed by atoms with E-state index >= 15 is 0 Å². The van der Waals surface area contributed by atoms with E-state index in [1.165, 1.54) is 7.11 Å². The van der Waals surface area contributed by atoms with Crippen LogP contribution in [0.1, 0.15) is 22.0 Å². The van der Waals surface area contributed by atoms with Gasteiger partial charge in [-0.05, 0) is 29.8 Å². The number of nitrogens with zero attached hydrogens (tertiary/aromatic N) is 2. The van der Waals surface area contributed by atoms with Crippen molar-refractivity contribution in [2.24, 2.45) is 0 Å². The standard InChI is InChI=1S/C24H19N3O3/c1-30-24(29)22(17-11-13-25-14-12-17)27-23(28)19-15-21(16-7-3-2-4-8-16)26-20-10-6-5-9-18(19)20/h2-15,22H,1H3,(H,27,28). The van der Waals surface area contributed by atoms with Gasteiger partial charge in [0, 0.05) is 23.3 Å². The Hall–Kier alpha value is -4.06. The highest BCUT2D eigenvalue weighted by molar-refractivity contribution is 6.08. The third-order valence-corrected chi connectivity index (χ3v) is 4.78. The lowest BCUT2D eigenvalue weighted by molar-refractivity contribution is -0.143. The molecule has 1 unspecified atom stereocenters. The number of hydrogen-bond donors (Lipinski definition) is 1. The van der Waals surface area contributed by atoms with E-state index in [0.29, 0.717) is 27.7 Å². The molecule has 2 aromatic heterocycles. The zero-order valence-corrected chi connectivity index (χ0v) is 16.3. The molecule has 0 saturated carbocycles. The number of rotatable bonds is 5. The number of para-hydroxylation sites is 1. The summed E-state index contributed by atoms with van der Waals surface area (Å²) in [7, 11) is 1.29. The summed E-state index contributed by atoms with van der Waals surface area (Å²) >= 11 is 0. The lowest BCUT2D eigenvalue weighted by Gasteiger charge is -2.18. The van der Waals surface area contributed by atoms with Crippen LogP contribution in [0.2, 0.25) is 0 Å². The van der Waals surface area contributed by atoms with Crippen LogP contribution in [0.3, 0.4) is 0 Å². The number of pyridine rings is 2. The van der Waals surface area contributed by atoms with Crippen LogP contribution in [0.15, 0.2) is 85.2 Å². The highest BCUT2D eigenvalue weighted by atomic mass is 16.5. The van der Waals surface area contributed by atoms with Crippen molar-refractivity contribution in [1.29, 1.82) is 0 Å². The van der Waals surface area contributed by atoms with Gasteiger partial charge in [-0.25, -0.2) is 9.78 Å². The smallest absolute Gasteiger partial charge is 0.333 e. The average molecular weight is 397 g/mol. The molecule has 0 aliphatic carbocycles. The second-order valence-corrected chi connectivity index (χ2v) is 6.65. The number of fused-ring (bicyclic) bond motifs is 1. The monoisotopic (exact) mass is 397 g/mol. The van der Waals surface area contributed by atoms with Gasteiger partial charge in [-0.3, -0.25) is 9.78 Å². The first kappa shape index (κ1) is 19.3. The molecule has 0 saturated heterocycles. The molecule has 6 heteroatoms. The summed E-state index contributed by atoms with van der Waals surface area (Å²) < 4.78 is 4.90. The van der Waals surface area contributed by atoms with Crippen molar-refractivity contribution in [2.45, 2.75) is 6.04 Å². The van der Waals surface area contributed by atoms with Gasteiger partial charge < -0.3 is 10.1 Å². The molecule has 4 aromatic rings. The van der Waals surface area contributed by atoms with Crippen molar-refractivity contribution >= 4 is 22.8 Å². The summed E-state index contributed by atoms with van der Waals surface area (Å²) in [6.45, 7) is 0. The minimum absolute atomic E-state index is 0.391. The molecule has 1 N–H and O–H groups in total. The van der Waals surface area contributed by atoms with E-state index in [1.807, 2.05) is 54.6 Å². The normalized spacial score (nSPS) is 11.6. The fourth-order valence-corrected chi connectivity index (χ4v) is 3.28. The summed E-state index contributed by atoms with van der Waals surface area (Å²) in [6, 6.07) is 21.2. The Kier molecular flexibility index (Phi) is 5.48. The van der Waals surface area contributed by atoms with Gasteiger partial charge >= 0.3 is 5.97 Å². The first-order valence-corrected chi connectivity index (χ1v) is 9.41. The van der Waals surface area contributed by atoms with E-state index in [4.69, 9.17) is 9.72 Å². The second-order valence-electron chi connectivity index (χ2n) is 6.65. The molecular formula is C24H19N3O3. The molecule has 2 heterocycles. The van der Waals surface area contributed by atoms with E-state index in [9.17, 15) is 9.59 Å². The van der Waals surface area contributed by atoms with E-state index in [2.05, 4.69) is 10.3 Å². The predicted molar refractivity (Wildman–Crippen MR) is 114 cm³/mol. The van der Waals surface area contributed by atoms with Gasteiger partial charge in [-0.15, -0.1) is 0 Å². The topological polar surface area (TPSA) is 81.2 Å². The van der Waals surface area contributed by atoms with Crippen LogP contribution in [0.4, 0.5) is 0 Å². The highest BCUT2D eigenvalue weighted by Crippen LogP contribution is 2.25. The third kappa shape index (κ3) is 3.89. The van der Waals surface area contributed by atoms with Gasteiger partial charge in [0.05, 0.1) is 23.9 Å². The third-order valence-electron chi connectivity index (χ3n) is 4.78. The van der Waals surface area contributed by atoms with Crippen molar-refractivity contribution < 1.29 is 14.3 Å². The molecule has 4 rings (SSSR count). The van der Waals surface area contributed by atoms with Crippen molar-refractivity contribution in [3.05, 3.63) is 96.3 Å². The largest absolute Gasteiger partial charge is 0.467 e. The molecule has 30 heavy (non-hydrogen) atoms.